The number of rotatable bonds is 6. The van der Waals surface area contributed by atoms with Crippen LogP contribution in [0.25, 0.3) is 0 Å². The molecule has 14 heavy (non-hydrogen) atoms. The van der Waals surface area contributed by atoms with Crippen molar-refractivity contribution < 1.29 is 14.6 Å². The molecule has 4 heteroatoms. The number of hydrogen-bond donors (Lipinski definition) is 2. The maximum atomic E-state index is 9.95. The van der Waals surface area contributed by atoms with E-state index in [2.05, 4.69) is 12.2 Å². The van der Waals surface area contributed by atoms with Crippen LogP contribution in [0.4, 0.5) is 0 Å². The molecule has 0 spiro atoms. The van der Waals surface area contributed by atoms with E-state index in [1.807, 2.05) is 0 Å². The highest BCUT2D eigenvalue weighted by molar-refractivity contribution is 4.85. The van der Waals surface area contributed by atoms with Crippen molar-refractivity contribution in [1.29, 1.82) is 0 Å². The Labute approximate surface area is 85.6 Å². The summed E-state index contributed by atoms with van der Waals surface area (Å²) < 4.78 is 10.1. The fourth-order valence-electron chi connectivity index (χ4n) is 1.50. The predicted octanol–water partition coefficient (Wildman–Crippen LogP) is 0.152. The lowest BCUT2D eigenvalue weighted by atomic mass is 10.0. The van der Waals surface area contributed by atoms with Crippen molar-refractivity contribution in [3.05, 3.63) is 0 Å². The lowest BCUT2D eigenvalue weighted by Crippen LogP contribution is -2.44. The Morgan fingerprint density at radius 2 is 2.43 bits per heavy atom. The van der Waals surface area contributed by atoms with Crippen LogP contribution in [-0.2, 0) is 9.47 Å². The molecule has 2 atom stereocenters. The number of nitrogens with one attached hydrogen (secondary N) is 1. The summed E-state index contributed by atoms with van der Waals surface area (Å²) in [5, 5.41) is 13.2. The van der Waals surface area contributed by atoms with Crippen molar-refractivity contribution in [3.8, 4) is 0 Å². The minimum absolute atomic E-state index is 0.375. The molecule has 1 rings (SSSR count). The second-order valence-corrected chi connectivity index (χ2v) is 4.09. The van der Waals surface area contributed by atoms with Crippen molar-refractivity contribution in [2.45, 2.75) is 31.4 Å². The highest BCUT2D eigenvalue weighted by atomic mass is 16.5. The van der Waals surface area contributed by atoms with Crippen molar-refractivity contribution in [2.24, 2.45) is 0 Å². The van der Waals surface area contributed by atoms with Gasteiger partial charge in [-0.25, -0.2) is 0 Å². The molecular weight excluding hydrogens is 182 g/mol. The van der Waals surface area contributed by atoms with Crippen LogP contribution in [-0.4, -0.2) is 50.2 Å². The summed E-state index contributed by atoms with van der Waals surface area (Å²) in [5.41, 5.74) is -0.651. The molecule has 1 heterocycles. The molecule has 1 saturated heterocycles. The second-order valence-electron chi connectivity index (χ2n) is 4.09. The minimum Gasteiger partial charge on any atom is -0.386 e. The first-order valence-corrected chi connectivity index (χ1v) is 5.19. The molecule has 84 valence electrons. The summed E-state index contributed by atoms with van der Waals surface area (Å²) in [6.45, 7) is 4.58. The van der Waals surface area contributed by atoms with Crippen LogP contribution >= 0.6 is 0 Å². The zero-order valence-corrected chi connectivity index (χ0v) is 9.08. The Balaban J connectivity index is 2.12. The lowest BCUT2D eigenvalue weighted by molar-refractivity contribution is 0.0243. The van der Waals surface area contributed by atoms with Gasteiger partial charge < -0.3 is 19.9 Å². The first kappa shape index (κ1) is 11.9. The maximum Gasteiger partial charge on any atom is 0.102 e. The quantitative estimate of drug-likeness (QED) is 0.645. The molecule has 2 unspecified atom stereocenters. The van der Waals surface area contributed by atoms with Crippen LogP contribution in [0.15, 0.2) is 0 Å². The van der Waals surface area contributed by atoms with E-state index in [0.29, 0.717) is 25.8 Å². The van der Waals surface area contributed by atoms with Gasteiger partial charge in [-0.15, -0.1) is 0 Å². The Bertz CT molecular complexity index is 157. The summed E-state index contributed by atoms with van der Waals surface area (Å²) in [4.78, 5) is 0. The first-order chi connectivity index (χ1) is 6.66. The minimum atomic E-state index is -0.651. The van der Waals surface area contributed by atoms with E-state index in [-0.39, 0.29) is 0 Å². The van der Waals surface area contributed by atoms with Crippen molar-refractivity contribution in [3.63, 3.8) is 0 Å². The van der Waals surface area contributed by atoms with Crippen LogP contribution in [0.5, 0.6) is 0 Å². The average molecular weight is 203 g/mol. The van der Waals surface area contributed by atoms with Crippen LogP contribution in [0.1, 0.15) is 19.8 Å². The van der Waals surface area contributed by atoms with Crippen LogP contribution in [0.2, 0.25) is 0 Å². The summed E-state index contributed by atoms with van der Waals surface area (Å²) in [6, 6.07) is 0.375. The Kier molecular flexibility index (Phi) is 4.81. The molecule has 0 saturated carbocycles. The van der Waals surface area contributed by atoms with E-state index in [1.165, 1.54) is 0 Å². The fraction of sp³-hybridized carbons (Fsp3) is 1.00. The van der Waals surface area contributed by atoms with Gasteiger partial charge in [-0.3, -0.25) is 0 Å². The zero-order valence-electron chi connectivity index (χ0n) is 9.08. The van der Waals surface area contributed by atoms with Gasteiger partial charge in [-0.2, -0.15) is 0 Å². The average Bonchev–Trinajstić information content (AvgIpc) is 2.60. The third kappa shape index (κ3) is 3.92. The second kappa shape index (κ2) is 5.66. The molecule has 0 bridgehead atoms. The van der Waals surface area contributed by atoms with Gasteiger partial charge >= 0.3 is 0 Å². The Morgan fingerprint density at radius 3 is 3.00 bits per heavy atom. The lowest BCUT2D eigenvalue weighted by Gasteiger charge is -2.23. The van der Waals surface area contributed by atoms with E-state index in [0.717, 1.165) is 19.4 Å². The molecule has 1 fully saturated rings. The largest absolute Gasteiger partial charge is 0.386 e. The van der Waals surface area contributed by atoms with Gasteiger partial charge in [0, 0.05) is 39.3 Å². The van der Waals surface area contributed by atoms with Crippen molar-refractivity contribution in [1.82, 2.24) is 5.32 Å². The number of ether oxygens (including phenoxy) is 2. The van der Waals surface area contributed by atoms with Gasteiger partial charge in [-0.05, 0) is 13.3 Å². The molecular formula is C10H21NO3. The van der Waals surface area contributed by atoms with Crippen LogP contribution < -0.4 is 5.32 Å². The number of hydrogen-bond acceptors (Lipinski definition) is 4. The van der Waals surface area contributed by atoms with Crippen LogP contribution in [0.3, 0.4) is 0 Å². The number of methoxy groups -OCH3 is 1. The Morgan fingerprint density at radius 1 is 1.64 bits per heavy atom. The molecule has 0 radical (unpaired) electrons. The van der Waals surface area contributed by atoms with E-state index in [4.69, 9.17) is 9.47 Å². The third-order valence-corrected chi connectivity index (χ3v) is 2.62. The zero-order chi connectivity index (χ0) is 10.4. The molecule has 0 aromatic heterocycles. The van der Waals surface area contributed by atoms with Gasteiger partial charge in [0.05, 0.1) is 6.61 Å². The summed E-state index contributed by atoms with van der Waals surface area (Å²) in [7, 11) is 1.70. The van der Waals surface area contributed by atoms with Crippen molar-refractivity contribution >= 4 is 0 Å². The van der Waals surface area contributed by atoms with Crippen LogP contribution in [0, 0.1) is 0 Å². The molecule has 0 aliphatic carbocycles. The smallest absolute Gasteiger partial charge is 0.102 e. The summed E-state index contributed by atoms with van der Waals surface area (Å²) in [6.07, 6.45) is 1.70. The SMILES string of the molecule is COCCC(C)NCC1(O)CCOC1. The van der Waals surface area contributed by atoms with Crippen molar-refractivity contribution in [2.75, 3.05) is 33.5 Å². The molecule has 1 aliphatic rings. The maximum absolute atomic E-state index is 9.95. The standard InChI is InChI=1S/C10H21NO3/c1-9(3-5-13-2)11-7-10(12)4-6-14-8-10/h9,11-12H,3-8H2,1-2H3. The van der Waals surface area contributed by atoms with E-state index in [1.54, 1.807) is 7.11 Å². The first-order valence-electron chi connectivity index (χ1n) is 5.19. The molecule has 1 aliphatic heterocycles. The van der Waals surface area contributed by atoms with Gasteiger partial charge in [0.2, 0.25) is 0 Å². The van der Waals surface area contributed by atoms with E-state index < -0.39 is 5.60 Å². The molecule has 2 N–H and O–H groups in total. The van der Waals surface area contributed by atoms with Gasteiger partial charge in [0.15, 0.2) is 0 Å². The number of aliphatic hydroxyl groups is 1. The highest BCUT2D eigenvalue weighted by Gasteiger charge is 2.31. The predicted molar refractivity (Wildman–Crippen MR) is 54.3 cm³/mol. The fourth-order valence-corrected chi connectivity index (χ4v) is 1.50. The van der Waals surface area contributed by atoms with E-state index >= 15 is 0 Å². The molecule has 0 amide bonds. The highest BCUT2D eigenvalue weighted by Crippen LogP contribution is 2.17. The topological polar surface area (TPSA) is 50.7 Å². The third-order valence-electron chi connectivity index (χ3n) is 2.62. The molecule has 0 aromatic rings. The van der Waals surface area contributed by atoms with Gasteiger partial charge in [-0.1, -0.05) is 0 Å². The normalized spacial score (nSPS) is 29.4. The Hall–Kier alpha value is -0.160. The van der Waals surface area contributed by atoms with Gasteiger partial charge in [0.25, 0.3) is 0 Å². The molecule has 0 aromatic carbocycles. The molecule has 4 nitrogen and oxygen atoms in total. The van der Waals surface area contributed by atoms with E-state index in [9.17, 15) is 5.11 Å². The van der Waals surface area contributed by atoms with Gasteiger partial charge in [0.1, 0.15) is 5.60 Å². The monoisotopic (exact) mass is 203 g/mol. The summed E-state index contributed by atoms with van der Waals surface area (Å²) >= 11 is 0. The summed E-state index contributed by atoms with van der Waals surface area (Å²) in [5.74, 6) is 0.